The lowest BCUT2D eigenvalue weighted by molar-refractivity contribution is 0.155. The van der Waals surface area contributed by atoms with Gasteiger partial charge in [0.1, 0.15) is 17.5 Å². The van der Waals surface area contributed by atoms with E-state index in [1.165, 1.54) is 101 Å². The minimum Gasteiger partial charge on any atom is -0.207 e. The van der Waals surface area contributed by atoms with Gasteiger partial charge in [-0.05, 0) is 97.6 Å². The normalized spacial score (nSPS) is 26.2. The van der Waals surface area contributed by atoms with Crippen LogP contribution in [0.5, 0.6) is 0 Å². The minimum atomic E-state index is -0.546. The second-order valence-corrected chi connectivity index (χ2v) is 10.3. The van der Waals surface area contributed by atoms with Gasteiger partial charge in [-0.25, -0.2) is 13.2 Å². The van der Waals surface area contributed by atoms with Crippen LogP contribution in [0.15, 0.2) is 36.4 Å². The van der Waals surface area contributed by atoms with Gasteiger partial charge in [-0.3, -0.25) is 0 Å². The molecule has 2 aromatic carbocycles. The van der Waals surface area contributed by atoms with Crippen molar-refractivity contribution < 1.29 is 13.2 Å². The van der Waals surface area contributed by atoms with Crippen LogP contribution in [0.25, 0.3) is 11.1 Å². The molecule has 2 aliphatic carbocycles. The van der Waals surface area contributed by atoms with Crippen molar-refractivity contribution in [2.24, 2.45) is 17.8 Å². The van der Waals surface area contributed by atoms with E-state index in [1.54, 1.807) is 0 Å². The lowest BCUT2D eigenvalue weighted by atomic mass is 9.68. The summed E-state index contributed by atoms with van der Waals surface area (Å²) in [4.78, 5) is 0. The summed E-state index contributed by atoms with van der Waals surface area (Å²) < 4.78 is 42.8. The Balaban J connectivity index is 1.32. The van der Waals surface area contributed by atoms with E-state index >= 15 is 0 Å². The first-order valence-electron chi connectivity index (χ1n) is 12.8. The molecule has 0 aliphatic heterocycles. The van der Waals surface area contributed by atoms with E-state index in [9.17, 15) is 13.2 Å². The first kappa shape index (κ1) is 23.4. The maximum absolute atomic E-state index is 14.8. The van der Waals surface area contributed by atoms with Crippen LogP contribution in [0.1, 0.15) is 95.5 Å². The summed E-state index contributed by atoms with van der Waals surface area (Å²) in [5, 5.41) is 0. The first-order chi connectivity index (χ1) is 15.5. The number of rotatable bonds is 7. The third kappa shape index (κ3) is 5.58. The number of hydrogen-bond donors (Lipinski definition) is 0. The van der Waals surface area contributed by atoms with E-state index in [0.717, 1.165) is 36.2 Å². The summed E-state index contributed by atoms with van der Waals surface area (Å²) in [5.41, 5.74) is 1.10. The van der Waals surface area contributed by atoms with Crippen molar-refractivity contribution in [3.05, 3.63) is 59.4 Å². The SMILES string of the molecule is CCCCCC1CCC(C2CCC(c3cc(F)c(-c4ccc(F)cc4)c(F)c3)CC2)CC1. The molecule has 2 saturated carbocycles. The van der Waals surface area contributed by atoms with E-state index in [2.05, 4.69) is 6.92 Å². The smallest absolute Gasteiger partial charge is 0.134 e. The maximum Gasteiger partial charge on any atom is 0.134 e. The molecule has 0 aromatic heterocycles. The molecular weight excluding hydrogens is 405 g/mol. The van der Waals surface area contributed by atoms with Crippen molar-refractivity contribution in [1.29, 1.82) is 0 Å². The second-order valence-electron chi connectivity index (χ2n) is 10.3. The highest BCUT2D eigenvalue weighted by Crippen LogP contribution is 2.45. The number of hydrogen-bond acceptors (Lipinski definition) is 0. The molecular formula is C29H37F3. The monoisotopic (exact) mass is 442 g/mol. The highest BCUT2D eigenvalue weighted by atomic mass is 19.1. The molecule has 0 saturated heterocycles. The Morgan fingerprint density at radius 3 is 1.84 bits per heavy atom. The molecule has 32 heavy (non-hydrogen) atoms. The summed E-state index contributed by atoms with van der Waals surface area (Å²) in [6.07, 6.45) is 15.4. The Bertz CT molecular complexity index is 833. The molecule has 0 amide bonds. The lowest BCUT2D eigenvalue weighted by Gasteiger charge is -2.38. The summed E-state index contributed by atoms with van der Waals surface area (Å²) in [7, 11) is 0. The average Bonchev–Trinajstić information content (AvgIpc) is 2.81. The summed E-state index contributed by atoms with van der Waals surface area (Å²) in [5.74, 6) is 1.32. The minimum absolute atomic E-state index is 0.0573. The zero-order valence-electron chi connectivity index (χ0n) is 19.4. The molecule has 2 aliphatic rings. The summed E-state index contributed by atoms with van der Waals surface area (Å²) in [6.45, 7) is 2.27. The Kier molecular flexibility index (Phi) is 7.97. The van der Waals surface area contributed by atoms with Gasteiger partial charge in [0.15, 0.2) is 0 Å². The largest absolute Gasteiger partial charge is 0.207 e. The fourth-order valence-electron chi connectivity index (χ4n) is 6.28. The Hall–Kier alpha value is -1.77. The summed E-state index contributed by atoms with van der Waals surface area (Å²) >= 11 is 0. The van der Waals surface area contributed by atoms with Crippen LogP contribution in [0, 0.1) is 35.2 Å². The quantitative estimate of drug-likeness (QED) is 0.375. The first-order valence-corrected chi connectivity index (χ1v) is 12.8. The molecule has 0 unspecified atom stereocenters. The van der Waals surface area contributed by atoms with E-state index in [-0.39, 0.29) is 11.5 Å². The van der Waals surface area contributed by atoms with Crippen LogP contribution < -0.4 is 0 Å². The molecule has 2 aromatic rings. The lowest BCUT2D eigenvalue weighted by Crippen LogP contribution is -2.25. The Morgan fingerprint density at radius 2 is 1.28 bits per heavy atom. The highest BCUT2D eigenvalue weighted by molar-refractivity contribution is 5.65. The maximum atomic E-state index is 14.8. The van der Waals surface area contributed by atoms with Crippen LogP contribution in [-0.2, 0) is 0 Å². The average molecular weight is 443 g/mol. The zero-order chi connectivity index (χ0) is 22.5. The van der Waals surface area contributed by atoms with E-state index < -0.39 is 17.5 Å². The molecule has 0 radical (unpaired) electrons. The summed E-state index contributed by atoms with van der Waals surface area (Å²) in [6, 6.07) is 8.35. The van der Waals surface area contributed by atoms with Crippen molar-refractivity contribution in [1.82, 2.24) is 0 Å². The second kappa shape index (κ2) is 10.9. The Morgan fingerprint density at radius 1 is 0.719 bits per heavy atom. The molecule has 0 bridgehead atoms. The molecule has 0 spiro atoms. The predicted molar refractivity (Wildman–Crippen MR) is 126 cm³/mol. The number of benzene rings is 2. The van der Waals surface area contributed by atoms with E-state index in [1.807, 2.05) is 0 Å². The van der Waals surface area contributed by atoms with Gasteiger partial charge in [0.05, 0.1) is 5.56 Å². The van der Waals surface area contributed by atoms with Crippen molar-refractivity contribution in [3.63, 3.8) is 0 Å². The third-order valence-corrected chi connectivity index (χ3v) is 8.21. The zero-order valence-corrected chi connectivity index (χ0v) is 19.4. The van der Waals surface area contributed by atoms with Gasteiger partial charge in [0.2, 0.25) is 0 Å². The Labute approximate surface area is 191 Å². The van der Waals surface area contributed by atoms with Gasteiger partial charge in [0.25, 0.3) is 0 Å². The van der Waals surface area contributed by atoms with Gasteiger partial charge >= 0.3 is 0 Å². The molecule has 174 valence electrons. The van der Waals surface area contributed by atoms with Crippen LogP contribution >= 0.6 is 0 Å². The van der Waals surface area contributed by atoms with Gasteiger partial charge in [-0.2, -0.15) is 0 Å². The number of halogens is 3. The highest BCUT2D eigenvalue weighted by Gasteiger charge is 2.31. The molecule has 3 heteroatoms. The molecule has 0 nitrogen and oxygen atoms in total. The van der Waals surface area contributed by atoms with E-state index in [0.29, 0.717) is 5.56 Å². The molecule has 0 N–H and O–H groups in total. The third-order valence-electron chi connectivity index (χ3n) is 8.21. The van der Waals surface area contributed by atoms with Crippen LogP contribution in [0.4, 0.5) is 13.2 Å². The number of unbranched alkanes of at least 4 members (excludes halogenated alkanes) is 2. The van der Waals surface area contributed by atoms with Crippen molar-refractivity contribution in [3.8, 4) is 11.1 Å². The predicted octanol–water partition coefficient (Wildman–Crippen LogP) is 9.43. The van der Waals surface area contributed by atoms with Crippen LogP contribution in [-0.4, -0.2) is 0 Å². The van der Waals surface area contributed by atoms with E-state index in [4.69, 9.17) is 0 Å². The molecule has 0 atom stereocenters. The standard InChI is InChI=1S/C29H37F3/c1-2-3-4-5-20-6-8-21(9-7-20)22-10-12-23(13-11-22)25-18-27(31)29(28(32)19-25)24-14-16-26(30)17-15-24/h14-23H,2-13H2,1H3. The van der Waals surface area contributed by atoms with Crippen molar-refractivity contribution >= 4 is 0 Å². The van der Waals surface area contributed by atoms with Crippen LogP contribution in [0.3, 0.4) is 0 Å². The van der Waals surface area contributed by atoms with Gasteiger partial charge < -0.3 is 0 Å². The fourth-order valence-corrected chi connectivity index (χ4v) is 6.28. The van der Waals surface area contributed by atoms with Gasteiger partial charge in [0, 0.05) is 0 Å². The van der Waals surface area contributed by atoms with Gasteiger partial charge in [-0.15, -0.1) is 0 Å². The van der Waals surface area contributed by atoms with Gasteiger partial charge in [-0.1, -0.05) is 57.6 Å². The van der Waals surface area contributed by atoms with Crippen molar-refractivity contribution in [2.75, 3.05) is 0 Å². The fraction of sp³-hybridized carbons (Fsp3) is 0.586. The molecule has 4 rings (SSSR count). The van der Waals surface area contributed by atoms with Crippen molar-refractivity contribution in [2.45, 2.75) is 89.9 Å². The van der Waals surface area contributed by atoms with Crippen LogP contribution in [0.2, 0.25) is 0 Å². The molecule has 2 fully saturated rings. The topological polar surface area (TPSA) is 0 Å². The molecule has 0 heterocycles.